The third-order valence-corrected chi connectivity index (χ3v) is 2.85. The van der Waals surface area contributed by atoms with Gasteiger partial charge in [-0.15, -0.1) is 0 Å². The van der Waals surface area contributed by atoms with Gasteiger partial charge in [-0.2, -0.15) is 0 Å². The summed E-state index contributed by atoms with van der Waals surface area (Å²) in [5, 5.41) is 7.53. The monoisotopic (exact) mass is 208 g/mol. The third-order valence-electron chi connectivity index (χ3n) is 2.85. The molecule has 0 amide bonds. The highest BCUT2D eigenvalue weighted by Gasteiger charge is 2.30. The topological polar surface area (TPSA) is 38.1 Å². The number of nitrogens with zero attached hydrogens (tertiary/aromatic N) is 1. The van der Waals surface area contributed by atoms with Crippen molar-refractivity contribution in [2.75, 3.05) is 6.54 Å². The summed E-state index contributed by atoms with van der Waals surface area (Å²) in [7, 11) is 0. The van der Waals surface area contributed by atoms with E-state index in [0.717, 1.165) is 24.5 Å². The summed E-state index contributed by atoms with van der Waals surface area (Å²) in [6.45, 7) is 8.40. The summed E-state index contributed by atoms with van der Waals surface area (Å²) in [6, 6.07) is 0. The van der Waals surface area contributed by atoms with E-state index in [1.54, 1.807) is 0 Å². The quantitative estimate of drug-likeness (QED) is 0.808. The number of nitrogens with one attached hydrogen (secondary N) is 1. The molecule has 0 bridgehead atoms. The predicted molar refractivity (Wildman–Crippen MR) is 59.8 cm³/mol. The minimum absolute atomic E-state index is 0.663. The standard InChI is InChI=1S/C12H20N2O/c1-8(2)6-13-7-11-9(3)12(15-14-11)10-4-5-10/h8,10,13H,4-7H2,1-3H3. The normalized spacial score (nSPS) is 16.3. The van der Waals surface area contributed by atoms with Crippen LogP contribution < -0.4 is 5.32 Å². The molecule has 0 atom stereocenters. The maximum Gasteiger partial charge on any atom is 0.143 e. The Balaban J connectivity index is 1.90. The highest BCUT2D eigenvalue weighted by molar-refractivity contribution is 5.26. The van der Waals surface area contributed by atoms with Crippen LogP contribution >= 0.6 is 0 Å². The molecule has 3 heteroatoms. The van der Waals surface area contributed by atoms with Gasteiger partial charge in [-0.05, 0) is 32.2 Å². The maximum atomic E-state index is 5.39. The summed E-state index contributed by atoms with van der Waals surface area (Å²) < 4.78 is 5.39. The Bertz CT molecular complexity index is 326. The molecule has 1 N–H and O–H groups in total. The van der Waals surface area contributed by atoms with Gasteiger partial charge in [0, 0.05) is 18.0 Å². The molecule has 2 rings (SSSR count). The molecule has 1 aromatic rings. The van der Waals surface area contributed by atoms with Crippen molar-refractivity contribution < 1.29 is 4.52 Å². The summed E-state index contributed by atoms with van der Waals surface area (Å²) in [5.41, 5.74) is 2.34. The number of aromatic nitrogens is 1. The lowest BCUT2D eigenvalue weighted by Gasteiger charge is -2.05. The van der Waals surface area contributed by atoms with Gasteiger partial charge in [0.1, 0.15) is 11.5 Å². The molecule has 1 aliphatic carbocycles. The van der Waals surface area contributed by atoms with E-state index in [4.69, 9.17) is 4.52 Å². The SMILES string of the molecule is Cc1c(CNCC(C)C)noc1C1CC1. The molecule has 1 aromatic heterocycles. The van der Waals surface area contributed by atoms with Gasteiger partial charge in [0.25, 0.3) is 0 Å². The Morgan fingerprint density at radius 2 is 2.20 bits per heavy atom. The largest absolute Gasteiger partial charge is 0.361 e. The van der Waals surface area contributed by atoms with Crippen molar-refractivity contribution in [3.05, 3.63) is 17.0 Å². The second-order valence-electron chi connectivity index (χ2n) is 4.92. The minimum atomic E-state index is 0.663. The molecule has 1 saturated carbocycles. The van der Waals surface area contributed by atoms with Gasteiger partial charge in [-0.1, -0.05) is 19.0 Å². The molecular weight excluding hydrogens is 188 g/mol. The summed E-state index contributed by atoms with van der Waals surface area (Å²) in [4.78, 5) is 0. The predicted octanol–water partition coefficient (Wildman–Crippen LogP) is 2.61. The first kappa shape index (κ1) is 10.7. The Morgan fingerprint density at radius 1 is 1.47 bits per heavy atom. The Labute approximate surface area is 91.2 Å². The minimum Gasteiger partial charge on any atom is -0.361 e. The van der Waals surface area contributed by atoms with E-state index in [1.165, 1.54) is 18.4 Å². The van der Waals surface area contributed by atoms with Gasteiger partial charge in [-0.25, -0.2) is 0 Å². The van der Waals surface area contributed by atoms with E-state index in [0.29, 0.717) is 11.8 Å². The fourth-order valence-corrected chi connectivity index (χ4v) is 1.75. The van der Waals surface area contributed by atoms with Gasteiger partial charge in [0.05, 0.1) is 0 Å². The highest BCUT2D eigenvalue weighted by atomic mass is 16.5. The molecule has 15 heavy (non-hydrogen) atoms. The van der Waals surface area contributed by atoms with E-state index in [-0.39, 0.29) is 0 Å². The van der Waals surface area contributed by atoms with Crippen LogP contribution in [0.1, 0.15) is 49.6 Å². The van der Waals surface area contributed by atoms with Crippen molar-refractivity contribution >= 4 is 0 Å². The van der Waals surface area contributed by atoms with Gasteiger partial charge >= 0.3 is 0 Å². The van der Waals surface area contributed by atoms with E-state index in [9.17, 15) is 0 Å². The third kappa shape index (κ3) is 2.59. The number of hydrogen-bond donors (Lipinski definition) is 1. The first-order valence-corrected chi connectivity index (χ1v) is 5.84. The van der Waals surface area contributed by atoms with Crippen LogP contribution in [-0.2, 0) is 6.54 Å². The van der Waals surface area contributed by atoms with E-state index < -0.39 is 0 Å². The van der Waals surface area contributed by atoms with Gasteiger partial charge in [0.2, 0.25) is 0 Å². The van der Waals surface area contributed by atoms with Crippen molar-refractivity contribution in [1.82, 2.24) is 10.5 Å². The van der Waals surface area contributed by atoms with E-state index in [2.05, 4.69) is 31.2 Å². The number of hydrogen-bond acceptors (Lipinski definition) is 3. The lowest BCUT2D eigenvalue weighted by atomic mass is 10.1. The Kier molecular flexibility index (Phi) is 3.10. The first-order valence-electron chi connectivity index (χ1n) is 5.84. The fraction of sp³-hybridized carbons (Fsp3) is 0.750. The zero-order valence-electron chi connectivity index (χ0n) is 9.84. The summed E-state index contributed by atoms with van der Waals surface area (Å²) in [6.07, 6.45) is 2.55. The molecule has 1 aliphatic rings. The molecule has 1 fully saturated rings. The Hall–Kier alpha value is -0.830. The van der Waals surface area contributed by atoms with Crippen molar-refractivity contribution in [3.63, 3.8) is 0 Å². The maximum absolute atomic E-state index is 5.39. The lowest BCUT2D eigenvalue weighted by molar-refractivity contribution is 0.374. The summed E-state index contributed by atoms with van der Waals surface area (Å²) in [5.74, 6) is 2.47. The zero-order valence-corrected chi connectivity index (χ0v) is 9.84. The molecule has 0 saturated heterocycles. The van der Waals surface area contributed by atoms with Crippen LogP contribution in [0.4, 0.5) is 0 Å². The average molecular weight is 208 g/mol. The molecule has 0 aliphatic heterocycles. The second-order valence-corrected chi connectivity index (χ2v) is 4.92. The summed E-state index contributed by atoms with van der Waals surface area (Å²) >= 11 is 0. The molecule has 84 valence electrons. The second kappa shape index (κ2) is 4.35. The van der Waals surface area contributed by atoms with Gasteiger partial charge < -0.3 is 9.84 Å². The lowest BCUT2D eigenvalue weighted by Crippen LogP contribution is -2.19. The van der Waals surface area contributed by atoms with Crippen LogP contribution in [-0.4, -0.2) is 11.7 Å². The van der Waals surface area contributed by atoms with Crippen LogP contribution in [0.3, 0.4) is 0 Å². The smallest absolute Gasteiger partial charge is 0.143 e. The Morgan fingerprint density at radius 3 is 2.80 bits per heavy atom. The van der Waals surface area contributed by atoms with Gasteiger partial charge in [0.15, 0.2) is 0 Å². The van der Waals surface area contributed by atoms with Crippen LogP contribution in [0.15, 0.2) is 4.52 Å². The van der Waals surface area contributed by atoms with E-state index in [1.807, 2.05) is 0 Å². The van der Waals surface area contributed by atoms with Crippen molar-refractivity contribution in [1.29, 1.82) is 0 Å². The molecule has 0 spiro atoms. The highest BCUT2D eigenvalue weighted by Crippen LogP contribution is 2.42. The molecule has 0 unspecified atom stereocenters. The molecule has 0 radical (unpaired) electrons. The zero-order chi connectivity index (χ0) is 10.8. The van der Waals surface area contributed by atoms with E-state index >= 15 is 0 Å². The fourth-order valence-electron chi connectivity index (χ4n) is 1.75. The van der Waals surface area contributed by atoms with Crippen molar-refractivity contribution in [2.45, 2.75) is 46.1 Å². The molecular formula is C12H20N2O. The molecule has 0 aromatic carbocycles. The van der Waals surface area contributed by atoms with Crippen molar-refractivity contribution in [2.24, 2.45) is 5.92 Å². The van der Waals surface area contributed by atoms with Crippen LogP contribution in [0.2, 0.25) is 0 Å². The molecule has 1 heterocycles. The van der Waals surface area contributed by atoms with Gasteiger partial charge in [-0.3, -0.25) is 0 Å². The van der Waals surface area contributed by atoms with Crippen LogP contribution in [0, 0.1) is 12.8 Å². The number of rotatable bonds is 5. The van der Waals surface area contributed by atoms with Crippen molar-refractivity contribution in [3.8, 4) is 0 Å². The van der Waals surface area contributed by atoms with Crippen LogP contribution in [0.5, 0.6) is 0 Å². The van der Waals surface area contributed by atoms with Crippen LogP contribution in [0.25, 0.3) is 0 Å². The average Bonchev–Trinajstić information content (AvgIpc) is 2.94. The first-order chi connectivity index (χ1) is 7.18. The molecule has 3 nitrogen and oxygen atoms in total.